The van der Waals surface area contributed by atoms with Crippen LogP contribution < -0.4 is 5.32 Å². The SMILES string of the molecule is CC(CC(O)c1ccco1)NC(=O)c1cc2ccccc2[nH]1. The number of carbonyl (C=O) groups excluding carboxylic acids is 1. The third kappa shape index (κ3) is 3.04. The van der Waals surface area contributed by atoms with Crippen molar-refractivity contribution in [3.05, 3.63) is 60.2 Å². The van der Waals surface area contributed by atoms with Crippen molar-refractivity contribution in [3.8, 4) is 0 Å². The van der Waals surface area contributed by atoms with Crippen molar-refractivity contribution < 1.29 is 14.3 Å². The monoisotopic (exact) mass is 298 g/mol. The fraction of sp³-hybridized carbons (Fsp3) is 0.235. The Balaban J connectivity index is 1.63. The van der Waals surface area contributed by atoms with Crippen LogP contribution >= 0.6 is 0 Å². The molecule has 0 radical (unpaired) electrons. The van der Waals surface area contributed by atoms with E-state index in [1.165, 1.54) is 6.26 Å². The van der Waals surface area contributed by atoms with Gasteiger partial charge in [0.25, 0.3) is 5.91 Å². The summed E-state index contributed by atoms with van der Waals surface area (Å²) in [4.78, 5) is 15.3. The van der Waals surface area contributed by atoms with Crippen LogP contribution in [-0.4, -0.2) is 22.0 Å². The van der Waals surface area contributed by atoms with Gasteiger partial charge in [0.15, 0.2) is 0 Å². The highest BCUT2D eigenvalue weighted by molar-refractivity contribution is 5.98. The lowest BCUT2D eigenvalue weighted by Gasteiger charge is -2.16. The number of furan rings is 1. The Bertz CT molecular complexity index is 728. The number of amides is 1. The molecule has 1 aromatic carbocycles. The molecule has 0 bridgehead atoms. The van der Waals surface area contributed by atoms with E-state index in [4.69, 9.17) is 4.42 Å². The van der Waals surface area contributed by atoms with E-state index in [0.29, 0.717) is 17.9 Å². The number of carbonyl (C=O) groups is 1. The second kappa shape index (κ2) is 6.07. The maximum atomic E-state index is 12.2. The molecular formula is C17H18N2O3. The molecule has 0 saturated carbocycles. The Morgan fingerprint density at radius 3 is 2.86 bits per heavy atom. The first-order valence-corrected chi connectivity index (χ1v) is 7.23. The molecule has 3 aromatic rings. The highest BCUT2D eigenvalue weighted by Gasteiger charge is 2.17. The van der Waals surface area contributed by atoms with Crippen molar-refractivity contribution in [2.24, 2.45) is 0 Å². The zero-order valence-electron chi connectivity index (χ0n) is 12.2. The van der Waals surface area contributed by atoms with Crippen LogP contribution in [0.25, 0.3) is 10.9 Å². The lowest BCUT2D eigenvalue weighted by Crippen LogP contribution is -2.33. The molecule has 5 nitrogen and oxygen atoms in total. The van der Waals surface area contributed by atoms with Gasteiger partial charge >= 0.3 is 0 Å². The molecule has 2 heterocycles. The fourth-order valence-corrected chi connectivity index (χ4v) is 2.49. The average Bonchev–Trinajstić information content (AvgIpc) is 3.16. The van der Waals surface area contributed by atoms with Crippen LogP contribution in [0.4, 0.5) is 0 Å². The highest BCUT2D eigenvalue weighted by atomic mass is 16.4. The first kappa shape index (κ1) is 14.4. The average molecular weight is 298 g/mol. The first-order chi connectivity index (χ1) is 10.6. The zero-order valence-corrected chi connectivity index (χ0v) is 12.2. The number of aromatic nitrogens is 1. The van der Waals surface area contributed by atoms with Crippen LogP contribution in [0, 0.1) is 0 Å². The standard InChI is InChI=1S/C17H18N2O3/c1-11(9-15(20)16-7-4-8-22-16)18-17(21)14-10-12-5-2-3-6-13(12)19-14/h2-8,10-11,15,19-20H,9H2,1H3,(H,18,21). The van der Waals surface area contributed by atoms with E-state index in [9.17, 15) is 9.90 Å². The normalized spacial score (nSPS) is 13.9. The van der Waals surface area contributed by atoms with E-state index >= 15 is 0 Å². The van der Waals surface area contributed by atoms with Crippen molar-refractivity contribution in [2.45, 2.75) is 25.5 Å². The van der Waals surface area contributed by atoms with Crippen molar-refractivity contribution >= 4 is 16.8 Å². The number of hydrogen-bond acceptors (Lipinski definition) is 3. The van der Waals surface area contributed by atoms with Gasteiger partial charge in [0.2, 0.25) is 0 Å². The summed E-state index contributed by atoms with van der Waals surface area (Å²) in [7, 11) is 0. The van der Waals surface area contributed by atoms with E-state index < -0.39 is 6.10 Å². The van der Waals surface area contributed by atoms with Gasteiger partial charge in [-0.15, -0.1) is 0 Å². The molecule has 3 N–H and O–H groups in total. The molecule has 5 heteroatoms. The maximum Gasteiger partial charge on any atom is 0.267 e. The number of fused-ring (bicyclic) bond motifs is 1. The van der Waals surface area contributed by atoms with Crippen LogP contribution in [0.5, 0.6) is 0 Å². The van der Waals surface area contributed by atoms with Gasteiger partial charge in [0.1, 0.15) is 17.6 Å². The second-order valence-corrected chi connectivity index (χ2v) is 5.41. The molecule has 0 aliphatic carbocycles. The number of hydrogen-bond donors (Lipinski definition) is 3. The molecule has 3 rings (SSSR count). The summed E-state index contributed by atoms with van der Waals surface area (Å²) in [5, 5.41) is 13.9. The first-order valence-electron chi connectivity index (χ1n) is 7.23. The number of aliphatic hydroxyl groups excluding tert-OH is 1. The molecule has 0 saturated heterocycles. The predicted octanol–water partition coefficient (Wildman–Crippen LogP) is 3.00. The molecule has 114 valence electrons. The Labute approximate surface area is 128 Å². The van der Waals surface area contributed by atoms with Crippen LogP contribution in [-0.2, 0) is 0 Å². The molecule has 0 fully saturated rings. The topological polar surface area (TPSA) is 78.3 Å². The number of nitrogens with one attached hydrogen (secondary N) is 2. The number of H-pyrrole nitrogens is 1. The van der Waals surface area contributed by atoms with Crippen molar-refractivity contribution in [2.75, 3.05) is 0 Å². The fourth-order valence-electron chi connectivity index (χ4n) is 2.49. The van der Waals surface area contributed by atoms with Crippen molar-refractivity contribution in [3.63, 3.8) is 0 Å². The highest BCUT2D eigenvalue weighted by Crippen LogP contribution is 2.19. The van der Waals surface area contributed by atoms with Crippen LogP contribution in [0.15, 0.2) is 53.1 Å². The van der Waals surface area contributed by atoms with E-state index in [1.54, 1.807) is 12.1 Å². The summed E-state index contributed by atoms with van der Waals surface area (Å²) in [6, 6.07) is 12.8. The second-order valence-electron chi connectivity index (χ2n) is 5.41. The van der Waals surface area contributed by atoms with E-state index in [2.05, 4.69) is 10.3 Å². The van der Waals surface area contributed by atoms with E-state index in [-0.39, 0.29) is 11.9 Å². The summed E-state index contributed by atoms with van der Waals surface area (Å²) >= 11 is 0. The zero-order chi connectivity index (χ0) is 15.5. The molecule has 2 unspecified atom stereocenters. The summed E-state index contributed by atoms with van der Waals surface area (Å²) in [6.07, 6.45) is 1.18. The maximum absolute atomic E-state index is 12.2. The van der Waals surface area contributed by atoms with Gasteiger partial charge in [-0.05, 0) is 31.2 Å². The third-order valence-corrected chi connectivity index (χ3v) is 3.60. The number of benzene rings is 1. The molecule has 0 aliphatic rings. The Morgan fingerprint density at radius 2 is 2.14 bits per heavy atom. The lowest BCUT2D eigenvalue weighted by molar-refractivity contribution is 0.0899. The van der Waals surface area contributed by atoms with Crippen molar-refractivity contribution in [1.29, 1.82) is 0 Å². The Morgan fingerprint density at radius 1 is 1.32 bits per heavy atom. The van der Waals surface area contributed by atoms with Crippen molar-refractivity contribution in [1.82, 2.24) is 10.3 Å². The Hall–Kier alpha value is -2.53. The summed E-state index contributed by atoms with van der Waals surface area (Å²) in [6.45, 7) is 1.85. The molecule has 2 aromatic heterocycles. The molecule has 0 spiro atoms. The van der Waals surface area contributed by atoms with Gasteiger partial charge in [-0.25, -0.2) is 0 Å². The quantitative estimate of drug-likeness (QED) is 0.677. The van der Waals surface area contributed by atoms with Crippen LogP contribution in [0.1, 0.15) is 35.7 Å². The Kier molecular flexibility index (Phi) is 3.98. The lowest BCUT2D eigenvalue weighted by atomic mass is 10.1. The van der Waals surface area contributed by atoms with Crippen LogP contribution in [0.2, 0.25) is 0 Å². The third-order valence-electron chi connectivity index (χ3n) is 3.60. The van der Waals surface area contributed by atoms with Gasteiger partial charge in [0, 0.05) is 23.4 Å². The molecule has 1 amide bonds. The van der Waals surface area contributed by atoms with Gasteiger partial charge in [-0.1, -0.05) is 18.2 Å². The summed E-state index contributed by atoms with van der Waals surface area (Å²) in [5.74, 6) is 0.321. The summed E-state index contributed by atoms with van der Waals surface area (Å²) in [5.41, 5.74) is 1.44. The largest absolute Gasteiger partial charge is 0.467 e. The molecular weight excluding hydrogens is 280 g/mol. The number of aliphatic hydroxyl groups is 1. The molecule has 2 atom stereocenters. The minimum Gasteiger partial charge on any atom is -0.467 e. The number of aromatic amines is 1. The molecule has 0 aliphatic heterocycles. The van der Waals surface area contributed by atoms with E-state index in [0.717, 1.165) is 10.9 Å². The summed E-state index contributed by atoms with van der Waals surface area (Å²) < 4.78 is 5.16. The van der Waals surface area contributed by atoms with Gasteiger partial charge in [0.05, 0.1) is 6.26 Å². The smallest absolute Gasteiger partial charge is 0.267 e. The van der Waals surface area contributed by atoms with E-state index in [1.807, 2.05) is 37.3 Å². The minimum absolute atomic E-state index is 0.181. The van der Waals surface area contributed by atoms with Gasteiger partial charge in [-0.3, -0.25) is 4.79 Å². The van der Waals surface area contributed by atoms with Crippen LogP contribution in [0.3, 0.4) is 0 Å². The van der Waals surface area contributed by atoms with Gasteiger partial charge in [-0.2, -0.15) is 0 Å². The number of para-hydroxylation sites is 1. The number of rotatable bonds is 5. The minimum atomic E-state index is -0.729. The molecule has 22 heavy (non-hydrogen) atoms. The van der Waals surface area contributed by atoms with Gasteiger partial charge < -0.3 is 19.8 Å². The predicted molar refractivity (Wildman–Crippen MR) is 83.5 cm³/mol.